The number of carbonyl (C=O) groups is 1. The van der Waals surface area contributed by atoms with Gasteiger partial charge in [-0.3, -0.25) is 9.78 Å². The Morgan fingerprint density at radius 2 is 2.29 bits per heavy atom. The number of alkyl halides is 2. The number of nitrogens with two attached hydrogens (primary N) is 1. The molecule has 0 aliphatic carbocycles. The minimum absolute atomic E-state index is 0.0317. The predicted molar refractivity (Wildman–Crippen MR) is 47.3 cm³/mol. The van der Waals surface area contributed by atoms with Gasteiger partial charge in [0.15, 0.2) is 0 Å². The number of hydrogen-bond donors (Lipinski definition) is 1. The summed E-state index contributed by atoms with van der Waals surface area (Å²) < 4.78 is 24.4. The molecule has 0 amide bonds. The zero-order chi connectivity index (χ0) is 10.7. The summed E-state index contributed by atoms with van der Waals surface area (Å²) in [6.07, 6.45) is -1.67. The lowest BCUT2D eigenvalue weighted by atomic mass is 10.1. The first-order valence-corrected chi connectivity index (χ1v) is 4.11. The van der Waals surface area contributed by atoms with Gasteiger partial charge in [0.1, 0.15) is 5.69 Å². The Bertz CT molecular complexity index is 357. The highest BCUT2D eigenvalue weighted by molar-refractivity contribution is 6.67. The molecule has 1 aromatic heterocycles. The van der Waals surface area contributed by atoms with Crippen LogP contribution >= 0.6 is 11.6 Å². The molecule has 0 aromatic carbocycles. The van der Waals surface area contributed by atoms with Gasteiger partial charge in [0.05, 0.1) is 5.56 Å². The van der Waals surface area contributed by atoms with Gasteiger partial charge in [-0.05, 0) is 23.2 Å². The maximum Gasteiger partial charge on any atom is 0.280 e. The van der Waals surface area contributed by atoms with Gasteiger partial charge in [-0.1, -0.05) is 0 Å². The van der Waals surface area contributed by atoms with E-state index in [1.807, 2.05) is 0 Å². The van der Waals surface area contributed by atoms with E-state index >= 15 is 0 Å². The van der Waals surface area contributed by atoms with Crippen LogP contribution in [0.1, 0.15) is 28.0 Å². The Morgan fingerprint density at radius 3 is 2.71 bits per heavy atom. The average Bonchev–Trinajstić information content (AvgIpc) is 2.16. The fourth-order valence-corrected chi connectivity index (χ4v) is 1.15. The van der Waals surface area contributed by atoms with Gasteiger partial charge in [0.2, 0.25) is 0 Å². The monoisotopic (exact) mass is 220 g/mol. The topological polar surface area (TPSA) is 56.0 Å². The fraction of sp³-hybridized carbons (Fsp3) is 0.250. The van der Waals surface area contributed by atoms with Crippen molar-refractivity contribution in [2.24, 2.45) is 5.73 Å². The molecule has 1 aromatic rings. The second-order valence-corrected chi connectivity index (χ2v) is 2.89. The second kappa shape index (κ2) is 4.43. The Morgan fingerprint density at radius 1 is 1.64 bits per heavy atom. The van der Waals surface area contributed by atoms with Crippen molar-refractivity contribution in [3.05, 3.63) is 29.1 Å². The SMILES string of the molecule is NCc1cc(C(F)F)ncc1C(=O)Cl. The lowest BCUT2D eigenvalue weighted by Gasteiger charge is -2.05. The van der Waals surface area contributed by atoms with Crippen LogP contribution < -0.4 is 5.73 Å². The Labute approximate surface area is 83.9 Å². The zero-order valence-electron chi connectivity index (χ0n) is 7.01. The molecule has 0 fully saturated rings. The molecule has 2 N–H and O–H groups in total. The first kappa shape index (κ1) is 11.0. The lowest BCUT2D eigenvalue weighted by Crippen LogP contribution is -2.06. The van der Waals surface area contributed by atoms with Crippen molar-refractivity contribution >= 4 is 16.8 Å². The fourth-order valence-electron chi connectivity index (χ4n) is 0.981. The van der Waals surface area contributed by atoms with E-state index < -0.39 is 17.4 Å². The highest BCUT2D eigenvalue weighted by Gasteiger charge is 2.14. The van der Waals surface area contributed by atoms with Crippen LogP contribution in [-0.2, 0) is 6.54 Å². The van der Waals surface area contributed by atoms with Crippen LogP contribution in [0.25, 0.3) is 0 Å². The standard InChI is InChI=1S/C8H7ClF2N2O/c9-7(14)5-3-13-6(8(10)11)1-4(5)2-12/h1,3,8H,2,12H2. The molecule has 76 valence electrons. The molecule has 1 heterocycles. The molecule has 6 heteroatoms. The molecule has 14 heavy (non-hydrogen) atoms. The van der Waals surface area contributed by atoms with Crippen molar-refractivity contribution in [2.75, 3.05) is 0 Å². The molecule has 1 rings (SSSR count). The molecular weight excluding hydrogens is 214 g/mol. The highest BCUT2D eigenvalue weighted by Crippen LogP contribution is 2.19. The van der Waals surface area contributed by atoms with E-state index in [-0.39, 0.29) is 17.7 Å². The minimum atomic E-state index is -2.68. The maximum absolute atomic E-state index is 12.2. The third-order valence-corrected chi connectivity index (χ3v) is 1.87. The lowest BCUT2D eigenvalue weighted by molar-refractivity contribution is 0.107. The third-order valence-electron chi connectivity index (χ3n) is 1.67. The third kappa shape index (κ3) is 2.24. The van der Waals surface area contributed by atoms with E-state index in [9.17, 15) is 13.6 Å². The smallest absolute Gasteiger partial charge is 0.280 e. The number of hydrogen-bond acceptors (Lipinski definition) is 3. The highest BCUT2D eigenvalue weighted by atomic mass is 35.5. The molecule has 0 saturated heterocycles. The van der Waals surface area contributed by atoms with E-state index in [1.165, 1.54) is 0 Å². The predicted octanol–water partition coefficient (Wildman–Crippen LogP) is 1.86. The van der Waals surface area contributed by atoms with Gasteiger partial charge < -0.3 is 5.73 Å². The van der Waals surface area contributed by atoms with Gasteiger partial charge in [-0.25, -0.2) is 8.78 Å². The van der Waals surface area contributed by atoms with Crippen LogP contribution in [0.3, 0.4) is 0 Å². The van der Waals surface area contributed by atoms with E-state index in [1.54, 1.807) is 0 Å². The van der Waals surface area contributed by atoms with Crippen molar-refractivity contribution in [3.63, 3.8) is 0 Å². The number of rotatable bonds is 3. The van der Waals surface area contributed by atoms with E-state index in [0.717, 1.165) is 12.3 Å². The first-order chi connectivity index (χ1) is 6.56. The summed E-state index contributed by atoms with van der Waals surface area (Å²) in [6, 6.07) is 1.08. The molecule has 0 aliphatic heterocycles. The van der Waals surface area contributed by atoms with Crippen molar-refractivity contribution in [2.45, 2.75) is 13.0 Å². The summed E-state index contributed by atoms with van der Waals surface area (Å²) in [4.78, 5) is 14.2. The van der Waals surface area contributed by atoms with E-state index in [0.29, 0.717) is 0 Å². The summed E-state index contributed by atoms with van der Waals surface area (Å²) in [5.41, 5.74) is 5.21. The summed E-state index contributed by atoms with van der Waals surface area (Å²) in [5.74, 6) is 0. The summed E-state index contributed by atoms with van der Waals surface area (Å²) >= 11 is 5.20. The molecule has 0 radical (unpaired) electrons. The number of carbonyl (C=O) groups excluding carboxylic acids is 1. The van der Waals surface area contributed by atoms with Crippen LogP contribution in [0.4, 0.5) is 8.78 Å². The molecular formula is C8H7ClF2N2O. The Balaban J connectivity index is 3.18. The molecule has 0 saturated carbocycles. The van der Waals surface area contributed by atoms with Gasteiger partial charge in [0, 0.05) is 12.7 Å². The quantitative estimate of drug-likeness (QED) is 0.791. The van der Waals surface area contributed by atoms with Crippen LogP contribution in [0, 0.1) is 0 Å². The largest absolute Gasteiger partial charge is 0.326 e. The zero-order valence-corrected chi connectivity index (χ0v) is 7.76. The number of aromatic nitrogens is 1. The van der Waals surface area contributed by atoms with Crippen LogP contribution in [-0.4, -0.2) is 10.2 Å². The van der Waals surface area contributed by atoms with Gasteiger partial charge in [0.25, 0.3) is 11.7 Å². The van der Waals surface area contributed by atoms with Crippen LogP contribution in [0.15, 0.2) is 12.3 Å². The maximum atomic E-state index is 12.2. The van der Waals surface area contributed by atoms with Gasteiger partial charge in [-0.2, -0.15) is 0 Å². The van der Waals surface area contributed by atoms with Crippen molar-refractivity contribution in [1.82, 2.24) is 4.98 Å². The number of nitrogens with zero attached hydrogens (tertiary/aromatic N) is 1. The minimum Gasteiger partial charge on any atom is -0.326 e. The molecule has 0 atom stereocenters. The van der Waals surface area contributed by atoms with Crippen molar-refractivity contribution in [3.8, 4) is 0 Å². The number of halogens is 3. The Kier molecular flexibility index (Phi) is 3.49. The van der Waals surface area contributed by atoms with Crippen molar-refractivity contribution in [1.29, 1.82) is 0 Å². The molecule has 0 spiro atoms. The van der Waals surface area contributed by atoms with Crippen molar-refractivity contribution < 1.29 is 13.6 Å². The van der Waals surface area contributed by atoms with Gasteiger partial charge >= 0.3 is 0 Å². The Hall–Kier alpha value is -1.07. The molecule has 0 unspecified atom stereocenters. The summed E-state index contributed by atoms with van der Waals surface area (Å²) in [7, 11) is 0. The van der Waals surface area contributed by atoms with E-state index in [4.69, 9.17) is 17.3 Å². The van der Waals surface area contributed by atoms with Gasteiger partial charge in [-0.15, -0.1) is 0 Å². The molecule has 0 bridgehead atoms. The van der Waals surface area contributed by atoms with Crippen LogP contribution in [0.5, 0.6) is 0 Å². The first-order valence-electron chi connectivity index (χ1n) is 3.73. The van der Waals surface area contributed by atoms with Crippen LogP contribution in [0.2, 0.25) is 0 Å². The summed E-state index contributed by atoms with van der Waals surface area (Å²) in [5, 5.41) is -0.751. The summed E-state index contributed by atoms with van der Waals surface area (Å²) in [6.45, 7) is -0.0317. The molecule has 0 aliphatic rings. The molecule has 3 nitrogen and oxygen atoms in total. The van der Waals surface area contributed by atoms with E-state index in [2.05, 4.69) is 4.98 Å². The average molecular weight is 221 g/mol. The number of pyridine rings is 1. The normalized spacial score (nSPS) is 10.6. The second-order valence-electron chi connectivity index (χ2n) is 2.54.